The highest BCUT2D eigenvalue weighted by atomic mass is 32.2. The van der Waals surface area contributed by atoms with Crippen LogP contribution in [0.1, 0.15) is 49.8 Å². The molecular weight excluding hydrogens is 250 g/mol. The van der Waals surface area contributed by atoms with Gasteiger partial charge in [0.15, 0.2) is 0 Å². The fourth-order valence-electron chi connectivity index (χ4n) is 3.39. The standard InChI is InChI=1S/C17H25NS/c1-13-6-8-14(9-7-13)10-18-17-12-19-11-15-4-2-3-5-16(15)17/h2-5,13-14,17-18H,6-12H2,1H3. The Bertz CT molecular complexity index is 409. The van der Waals surface area contributed by atoms with Crippen LogP contribution in [0.5, 0.6) is 0 Å². The van der Waals surface area contributed by atoms with Crippen molar-refractivity contribution in [3.8, 4) is 0 Å². The van der Waals surface area contributed by atoms with Crippen molar-refractivity contribution < 1.29 is 0 Å². The van der Waals surface area contributed by atoms with Crippen molar-refractivity contribution in [3.05, 3.63) is 35.4 Å². The third-order valence-electron chi connectivity index (χ3n) is 4.76. The summed E-state index contributed by atoms with van der Waals surface area (Å²) in [5.41, 5.74) is 3.08. The van der Waals surface area contributed by atoms with Crippen LogP contribution in [0.4, 0.5) is 0 Å². The first kappa shape index (κ1) is 13.5. The van der Waals surface area contributed by atoms with E-state index < -0.39 is 0 Å². The van der Waals surface area contributed by atoms with Crippen molar-refractivity contribution in [1.29, 1.82) is 0 Å². The normalized spacial score (nSPS) is 30.9. The minimum atomic E-state index is 0.578. The van der Waals surface area contributed by atoms with Gasteiger partial charge >= 0.3 is 0 Å². The molecule has 1 unspecified atom stereocenters. The van der Waals surface area contributed by atoms with Crippen LogP contribution in [0.3, 0.4) is 0 Å². The average molecular weight is 275 g/mol. The van der Waals surface area contributed by atoms with Gasteiger partial charge in [-0.3, -0.25) is 0 Å². The Kier molecular flexibility index (Phi) is 4.49. The third-order valence-corrected chi connectivity index (χ3v) is 5.85. The smallest absolute Gasteiger partial charge is 0.0415 e. The van der Waals surface area contributed by atoms with E-state index in [2.05, 4.69) is 48.3 Å². The lowest BCUT2D eigenvalue weighted by molar-refractivity contribution is 0.276. The van der Waals surface area contributed by atoms with Crippen LogP contribution >= 0.6 is 11.8 Å². The summed E-state index contributed by atoms with van der Waals surface area (Å²) < 4.78 is 0. The second-order valence-electron chi connectivity index (χ2n) is 6.30. The van der Waals surface area contributed by atoms with Gasteiger partial charge in [0.05, 0.1) is 0 Å². The van der Waals surface area contributed by atoms with Crippen LogP contribution in [0.25, 0.3) is 0 Å². The molecule has 0 amide bonds. The lowest BCUT2D eigenvalue weighted by atomic mass is 9.83. The van der Waals surface area contributed by atoms with Crippen LogP contribution in [-0.2, 0) is 5.75 Å². The van der Waals surface area contributed by atoms with Crippen LogP contribution in [-0.4, -0.2) is 12.3 Å². The molecule has 1 atom stereocenters. The van der Waals surface area contributed by atoms with Crippen molar-refractivity contribution in [3.63, 3.8) is 0 Å². The van der Waals surface area contributed by atoms with Crippen molar-refractivity contribution in [1.82, 2.24) is 5.32 Å². The summed E-state index contributed by atoms with van der Waals surface area (Å²) in [7, 11) is 0. The Morgan fingerprint density at radius 2 is 1.95 bits per heavy atom. The minimum absolute atomic E-state index is 0.578. The number of rotatable bonds is 3. The summed E-state index contributed by atoms with van der Waals surface area (Å²) >= 11 is 2.07. The lowest BCUT2D eigenvalue weighted by Gasteiger charge is -2.30. The molecule has 1 aromatic carbocycles. The number of thioether (sulfide) groups is 1. The lowest BCUT2D eigenvalue weighted by Crippen LogP contribution is -2.32. The molecule has 0 saturated heterocycles. The topological polar surface area (TPSA) is 12.0 Å². The minimum Gasteiger partial charge on any atom is -0.309 e. The van der Waals surface area contributed by atoms with Crippen molar-refractivity contribution >= 4 is 11.8 Å². The molecule has 1 aliphatic carbocycles. The Morgan fingerprint density at radius 1 is 1.16 bits per heavy atom. The fourth-order valence-corrected chi connectivity index (χ4v) is 4.53. The Hall–Kier alpha value is -0.470. The fraction of sp³-hybridized carbons (Fsp3) is 0.647. The van der Waals surface area contributed by atoms with E-state index in [1.54, 1.807) is 5.56 Å². The molecule has 1 saturated carbocycles. The van der Waals surface area contributed by atoms with Crippen molar-refractivity contribution in [2.45, 2.75) is 44.4 Å². The summed E-state index contributed by atoms with van der Waals surface area (Å²) in [5.74, 6) is 4.30. The van der Waals surface area contributed by atoms with E-state index in [1.807, 2.05) is 0 Å². The van der Waals surface area contributed by atoms with Crippen LogP contribution in [0.15, 0.2) is 24.3 Å². The average Bonchev–Trinajstić information content (AvgIpc) is 2.47. The molecule has 1 nitrogen and oxygen atoms in total. The van der Waals surface area contributed by atoms with Gasteiger partial charge in [-0.05, 0) is 42.3 Å². The van der Waals surface area contributed by atoms with Gasteiger partial charge in [-0.2, -0.15) is 11.8 Å². The highest BCUT2D eigenvalue weighted by Crippen LogP contribution is 2.33. The van der Waals surface area contributed by atoms with Gasteiger partial charge in [0, 0.05) is 17.5 Å². The number of nitrogens with one attached hydrogen (secondary N) is 1. The van der Waals surface area contributed by atoms with E-state index in [1.165, 1.54) is 49.3 Å². The monoisotopic (exact) mass is 275 g/mol. The van der Waals surface area contributed by atoms with E-state index in [4.69, 9.17) is 0 Å². The zero-order valence-corrected chi connectivity index (χ0v) is 12.7. The summed E-state index contributed by atoms with van der Waals surface area (Å²) in [6.07, 6.45) is 5.72. The number of hydrogen-bond acceptors (Lipinski definition) is 2. The molecule has 0 spiro atoms. The predicted octanol–water partition coefficient (Wildman–Crippen LogP) is 4.39. The maximum atomic E-state index is 3.84. The molecule has 104 valence electrons. The molecule has 1 fully saturated rings. The van der Waals surface area contributed by atoms with E-state index in [-0.39, 0.29) is 0 Å². The largest absolute Gasteiger partial charge is 0.309 e. The molecule has 0 radical (unpaired) electrons. The maximum absolute atomic E-state index is 3.84. The molecule has 1 aliphatic heterocycles. The molecule has 1 aromatic rings. The van der Waals surface area contributed by atoms with Crippen molar-refractivity contribution in [2.24, 2.45) is 11.8 Å². The van der Waals surface area contributed by atoms with Gasteiger partial charge in [0.25, 0.3) is 0 Å². The maximum Gasteiger partial charge on any atom is 0.0415 e. The molecule has 2 aliphatic rings. The summed E-state index contributed by atoms with van der Waals surface area (Å²) in [6, 6.07) is 9.54. The molecule has 0 aromatic heterocycles. The second-order valence-corrected chi connectivity index (χ2v) is 7.33. The van der Waals surface area contributed by atoms with Crippen LogP contribution in [0.2, 0.25) is 0 Å². The van der Waals surface area contributed by atoms with E-state index in [9.17, 15) is 0 Å². The zero-order chi connectivity index (χ0) is 13.1. The Morgan fingerprint density at radius 3 is 2.79 bits per heavy atom. The Balaban J connectivity index is 1.56. The van der Waals surface area contributed by atoms with Crippen molar-refractivity contribution in [2.75, 3.05) is 12.3 Å². The van der Waals surface area contributed by atoms with Gasteiger partial charge in [0.2, 0.25) is 0 Å². The van der Waals surface area contributed by atoms with Gasteiger partial charge in [-0.15, -0.1) is 0 Å². The van der Waals surface area contributed by atoms with Gasteiger partial charge in [0.1, 0.15) is 0 Å². The summed E-state index contributed by atoms with van der Waals surface area (Å²) in [5, 5.41) is 3.84. The highest BCUT2D eigenvalue weighted by Gasteiger charge is 2.22. The molecule has 2 heteroatoms. The summed E-state index contributed by atoms with van der Waals surface area (Å²) in [6.45, 7) is 3.62. The van der Waals surface area contributed by atoms with Gasteiger partial charge < -0.3 is 5.32 Å². The predicted molar refractivity (Wildman–Crippen MR) is 84.5 cm³/mol. The van der Waals surface area contributed by atoms with E-state index in [0.29, 0.717) is 6.04 Å². The van der Waals surface area contributed by atoms with Gasteiger partial charge in [-0.1, -0.05) is 44.0 Å². The zero-order valence-electron chi connectivity index (χ0n) is 11.9. The first-order chi connectivity index (χ1) is 9.33. The molecular formula is C17H25NS. The molecule has 3 rings (SSSR count). The first-order valence-electron chi connectivity index (χ1n) is 7.72. The Labute approximate surface area is 121 Å². The number of hydrogen-bond donors (Lipinski definition) is 1. The number of benzene rings is 1. The first-order valence-corrected chi connectivity index (χ1v) is 8.87. The highest BCUT2D eigenvalue weighted by molar-refractivity contribution is 7.98. The second kappa shape index (κ2) is 6.32. The van der Waals surface area contributed by atoms with E-state index in [0.717, 1.165) is 11.8 Å². The third kappa shape index (κ3) is 3.35. The van der Waals surface area contributed by atoms with E-state index >= 15 is 0 Å². The molecule has 19 heavy (non-hydrogen) atoms. The molecule has 0 bridgehead atoms. The number of fused-ring (bicyclic) bond motifs is 1. The molecule has 1 heterocycles. The quantitative estimate of drug-likeness (QED) is 0.878. The molecule has 1 N–H and O–H groups in total. The summed E-state index contributed by atoms with van der Waals surface area (Å²) in [4.78, 5) is 0. The van der Waals surface area contributed by atoms with Crippen LogP contribution in [0, 0.1) is 11.8 Å². The SMILES string of the molecule is CC1CCC(CNC2CSCc3ccccc32)CC1. The van der Waals surface area contributed by atoms with Crippen LogP contribution < -0.4 is 5.32 Å². The van der Waals surface area contributed by atoms with Gasteiger partial charge in [-0.25, -0.2) is 0 Å².